The van der Waals surface area contributed by atoms with Crippen LogP contribution in [0.1, 0.15) is 64.2 Å². The molecule has 0 bridgehead atoms. The zero-order valence-electron chi connectivity index (χ0n) is 17.7. The Hall–Kier alpha value is -2.90. The van der Waals surface area contributed by atoms with Crippen LogP contribution in [0, 0.1) is 0 Å². The van der Waals surface area contributed by atoms with E-state index in [9.17, 15) is 19.2 Å². The average molecular weight is 427 g/mol. The van der Waals surface area contributed by atoms with Gasteiger partial charge in [0.05, 0.1) is 6.42 Å². The molecule has 1 atom stereocenters. The molecule has 1 aromatic rings. The number of nitrogens with zero attached hydrogens (tertiary/aromatic N) is 1. The summed E-state index contributed by atoms with van der Waals surface area (Å²) >= 11 is 0. The molecule has 8 nitrogen and oxygen atoms in total. The Bertz CT molecular complexity index is 844. The number of amides is 5. The lowest BCUT2D eigenvalue weighted by molar-refractivity contribution is -0.133. The van der Waals surface area contributed by atoms with Gasteiger partial charge in [-0.15, -0.1) is 0 Å². The lowest BCUT2D eigenvalue weighted by Crippen LogP contribution is -2.63. The quantitative estimate of drug-likeness (QED) is 0.607. The molecule has 3 aliphatic rings. The van der Waals surface area contributed by atoms with Gasteiger partial charge in [0.1, 0.15) is 11.6 Å². The first-order valence-corrected chi connectivity index (χ1v) is 11.3. The first-order chi connectivity index (χ1) is 15.0. The van der Waals surface area contributed by atoms with Gasteiger partial charge in [-0.3, -0.25) is 24.6 Å². The SMILES string of the molecule is O=C1NC(=O)[C@H](CC(=O)N(c2ccccc2)C2(C(=O)NC3CCCC3)CCCCC2)N1. The van der Waals surface area contributed by atoms with Gasteiger partial charge in [-0.25, -0.2) is 4.79 Å². The van der Waals surface area contributed by atoms with Crippen LogP contribution in [0.25, 0.3) is 0 Å². The minimum absolute atomic E-state index is 0.101. The highest BCUT2D eigenvalue weighted by molar-refractivity contribution is 6.09. The molecule has 31 heavy (non-hydrogen) atoms. The largest absolute Gasteiger partial charge is 0.351 e. The molecule has 1 saturated heterocycles. The van der Waals surface area contributed by atoms with E-state index in [2.05, 4.69) is 16.0 Å². The van der Waals surface area contributed by atoms with Gasteiger partial charge in [0.2, 0.25) is 11.8 Å². The van der Waals surface area contributed by atoms with Crippen LogP contribution in [0.2, 0.25) is 0 Å². The van der Waals surface area contributed by atoms with Crippen LogP contribution < -0.4 is 20.9 Å². The van der Waals surface area contributed by atoms with Crippen molar-refractivity contribution in [3.63, 3.8) is 0 Å². The van der Waals surface area contributed by atoms with Crippen molar-refractivity contribution in [1.82, 2.24) is 16.0 Å². The smallest absolute Gasteiger partial charge is 0.322 e. The maximum atomic E-state index is 13.7. The molecule has 0 aromatic heterocycles. The van der Waals surface area contributed by atoms with E-state index in [1.807, 2.05) is 30.3 Å². The monoisotopic (exact) mass is 426 g/mol. The number of carbonyl (C=O) groups excluding carboxylic acids is 4. The number of hydrogen-bond acceptors (Lipinski definition) is 4. The molecule has 1 heterocycles. The van der Waals surface area contributed by atoms with Gasteiger partial charge < -0.3 is 10.6 Å². The summed E-state index contributed by atoms with van der Waals surface area (Å²) in [5.74, 6) is -0.951. The molecule has 2 saturated carbocycles. The van der Waals surface area contributed by atoms with Crippen LogP contribution in [0.15, 0.2) is 30.3 Å². The summed E-state index contributed by atoms with van der Waals surface area (Å²) in [7, 11) is 0. The average Bonchev–Trinajstić information content (AvgIpc) is 3.38. The van der Waals surface area contributed by atoms with Crippen LogP contribution in [0.5, 0.6) is 0 Å². The van der Waals surface area contributed by atoms with E-state index < -0.39 is 23.5 Å². The fourth-order valence-electron chi connectivity index (χ4n) is 5.15. The van der Waals surface area contributed by atoms with Gasteiger partial charge in [-0.05, 0) is 37.8 Å². The molecule has 0 unspecified atom stereocenters. The minimum Gasteiger partial charge on any atom is -0.351 e. The van der Waals surface area contributed by atoms with Crippen molar-refractivity contribution in [3.8, 4) is 0 Å². The number of imide groups is 1. The molecule has 5 amide bonds. The minimum atomic E-state index is -0.988. The normalized spacial score (nSPS) is 23.2. The number of benzene rings is 1. The van der Waals surface area contributed by atoms with Crippen molar-refractivity contribution in [3.05, 3.63) is 30.3 Å². The molecule has 4 rings (SSSR count). The fraction of sp³-hybridized carbons (Fsp3) is 0.565. The van der Waals surface area contributed by atoms with Gasteiger partial charge >= 0.3 is 6.03 Å². The lowest BCUT2D eigenvalue weighted by atomic mass is 9.78. The molecular weight excluding hydrogens is 396 g/mol. The number of hydrogen-bond donors (Lipinski definition) is 3. The Morgan fingerprint density at radius 3 is 2.29 bits per heavy atom. The Morgan fingerprint density at radius 1 is 1.00 bits per heavy atom. The van der Waals surface area contributed by atoms with Crippen molar-refractivity contribution in [2.45, 2.75) is 81.8 Å². The molecule has 2 aliphatic carbocycles. The van der Waals surface area contributed by atoms with E-state index in [1.54, 1.807) is 4.90 Å². The van der Waals surface area contributed by atoms with Gasteiger partial charge in [0.25, 0.3) is 5.91 Å². The summed E-state index contributed by atoms with van der Waals surface area (Å²) in [5, 5.41) is 7.89. The zero-order valence-corrected chi connectivity index (χ0v) is 17.7. The van der Waals surface area contributed by atoms with Crippen LogP contribution in [0.3, 0.4) is 0 Å². The number of anilines is 1. The molecule has 8 heteroatoms. The van der Waals surface area contributed by atoms with Gasteiger partial charge in [0, 0.05) is 11.7 Å². The molecule has 1 aliphatic heterocycles. The molecule has 0 spiro atoms. The van der Waals surface area contributed by atoms with Gasteiger partial charge in [0.15, 0.2) is 0 Å². The van der Waals surface area contributed by atoms with Crippen LogP contribution >= 0.6 is 0 Å². The second-order valence-corrected chi connectivity index (χ2v) is 8.83. The Kier molecular flexibility index (Phi) is 6.25. The summed E-state index contributed by atoms with van der Waals surface area (Å²) in [6.07, 6.45) is 7.85. The third-order valence-electron chi connectivity index (χ3n) is 6.72. The van der Waals surface area contributed by atoms with E-state index in [-0.39, 0.29) is 24.3 Å². The van der Waals surface area contributed by atoms with E-state index in [1.165, 1.54) is 0 Å². The second-order valence-electron chi connectivity index (χ2n) is 8.83. The molecular formula is C23H30N4O4. The highest BCUT2D eigenvalue weighted by Crippen LogP contribution is 2.38. The van der Waals surface area contributed by atoms with Crippen LogP contribution in [-0.2, 0) is 14.4 Å². The fourth-order valence-corrected chi connectivity index (χ4v) is 5.15. The third kappa shape index (κ3) is 4.43. The summed E-state index contributed by atoms with van der Waals surface area (Å²) in [6, 6.07) is 7.82. The Labute approximate surface area is 182 Å². The predicted octanol–water partition coefficient (Wildman–Crippen LogP) is 2.38. The standard InChI is InChI=1S/C23H30N4O4/c28-19(15-18-20(29)26-22(31)25-18)27(17-11-3-1-4-12-17)23(13-7-2-8-14-23)21(30)24-16-9-5-6-10-16/h1,3-4,11-12,16,18H,2,5-10,13-15H2,(H,24,30)(H2,25,26,29,31)/t18-/m0/s1. The summed E-state index contributed by atoms with van der Waals surface area (Å²) in [5.41, 5.74) is -0.348. The molecule has 1 aromatic carbocycles. The van der Waals surface area contributed by atoms with E-state index in [4.69, 9.17) is 0 Å². The number of nitrogens with one attached hydrogen (secondary N) is 3. The van der Waals surface area contributed by atoms with Crippen molar-refractivity contribution in [2.24, 2.45) is 0 Å². The Morgan fingerprint density at radius 2 is 1.68 bits per heavy atom. The summed E-state index contributed by atoms with van der Waals surface area (Å²) in [6.45, 7) is 0. The molecule has 3 fully saturated rings. The lowest BCUT2D eigenvalue weighted by Gasteiger charge is -2.45. The van der Waals surface area contributed by atoms with E-state index >= 15 is 0 Å². The van der Waals surface area contributed by atoms with Crippen LogP contribution in [0.4, 0.5) is 10.5 Å². The van der Waals surface area contributed by atoms with Gasteiger partial charge in [-0.1, -0.05) is 50.3 Å². The maximum Gasteiger partial charge on any atom is 0.322 e. The number of carbonyl (C=O) groups is 4. The predicted molar refractivity (Wildman–Crippen MR) is 115 cm³/mol. The third-order valence-corrected chi connectivity index (χ3v) is 6.72. The van der Waals surface area contributed by atoms with E-state index in [0.717, 1.165) is 44.9 Å². The first-order valence-electron chi connectivity index (χ1n) is 11.3. The van der Waals surface area contributed by atoms with Crippen LogP contribution in [-0.4, -0.2) is 41.4 Å². The molecule has 3 N–H and O–H groups in total. The highest BCUT2D eigenvalue weighted by Gasteiger charge is 2.49. The molecule has 166 valence electrons. The first kappa shape index (κ1) is 21.3. The highest BCUT2D eigenvalue weighted by atomic mass is 16.2. The van der Waals surface area contributed by atoms with Crippen molar-refractivity contribution < 1.29 is 19.2 Å². The number of urea groups is 1. The van der Waals surface area contributed by atoms with Crippen molar-refractivity contribution >= 4 is 29.4 Å². The van der Waals surface area contributed by atoms with Gasteiger partial charge in [-0.2, -0.15) is 0 Å². The Balaban J connectivity index is 1.66. The topological polar surface area (TPSA) is 108 Å². The maximum absolute atomic E-state index is 13.7. The number of rotatable bonds is 6. The molecule has 0 radical (unpaired) electrons. The second kappa shape index (κ2) is 9.08. The number of para-hydroxylation sites is 1. The van der Waals surface area contributed by atoms with Crippen molar-refractivity contribution in [2.75, 3.05) is 4.90 Å². The van der Waals surface area contributed by atoms with Crippen molar-refractivity contribution in [1.29, 1.82) is 0 Å². The zero-order chi connectivity index (χ0) is 21.8. The summed E-state index contributed by atoms with van der Waals surface area (Å²) in [4.78, 5) is 52.5. The summed E-state index contributed by atoms with van der Waals surface area (Å²) < 4.78 is 0. The van der Waals surface area contributed by atoms with E-state index in [0.29, 0.717) is 18.5 Å².